The number of aromatic carboxylic acids is 1. The van der Waals surface area contributed by atoms with E-state index >= 15 is 0 Å². The van der Waals surface area contributed by atoms with Gasteiger partial charge in [0.05, 0.1) is 0 Å². The van der Waals surface area contributed by atoms with Crippen molar-refractivity contribution in [2.45, 2.75) is 42.1 Å². The number of β-lactam (4-membered cyclic amide) rings is 1. The Bertz CT molecular complexity index is 1180. The van der Waals surface area contributed by atoms with Gasteiger partial charge in [-0.1, -0.05) is 0 Å². The quantitative estimate of drug-likeness (QED) is 0.252. The molecule has 2 aliphatic heterocycles. The van der Waals surface area contributed by atoms with Crippen molar-refractivity contribution in [2.75, 3.05) is 0 Å². The van der Waals surface area contributed by atoms with Crippen LogP contribution in [0.4, 0.5) is 0 Å². The van der Waals surface area contributed by atoms with Crippen molar-refractivity contribution in [1.29, 1.82) is 0 Å². The number of thioether (sulfide) groups is 1. The summed E-state index contributed by atoms with van der Waals surface area (Å²) in [5.41, 5.74) is -3.39. The number of hydrogen-bond donors (Lipinski definition) is 4. The van der Waals surface area contributed by atoms with Crippen LogP contribution >= 0.6 is 11.8 Å². The van der Waals surface area contributed by atoms with Crippen LogP contribution in [0.3, 0.4) is 0 Å². The molecule has 2 amide bonds. The molecule has 0 spiro atoms. The van der Waals surface area contributed by atoms with E-state index in [1.807, 2.05) is 0 Å². The topological polar surface area (TPSA) is 205 Å². The maximum Gasteiger partial charge on any atom is 0.342 e. The van der Waals surface area contributed by atoms with E-state index in [1.54, 1.807) is 13.8 Å². The molecule has 14 nitrogen and oxygen atoms in total. The van der Waals surface area contributed by atoms with Crippen LogP contribution in [-0.4, -0.2) is 81.3 Å². The third-order valence-electron chi connectivity index (χ3n) is 5.27. The summed E-state index contributed by atoms with van der Waals surface area (Å²) in [4.78, 5) is 85.2. The normalized spacial score (nSPS) is 24.3. The van der Waals surface area contributed by atoms with E-state index in [0.29, 0.717) is 10.8 Å². The lowest BCUT2D eigenvalue weighted by Gasteiger charge is -2.43. The van der Waals surface area contributed by atoms with E-state index in [1.165, 1.54) is 0 Å². The molecule has 1 aromatic heterocycles. The van der Waals surface area contributed by atoms with Gasteiger partial charge in [-0.3, -0.25) is 23.5 Å². The standard InChI is InChI=1S/C17H18N4O10S/c1-17(2)8(15(29)30)21-11(24)6(12(21)32-17)18-9(22)7(14(27)28)20-4-5(13(25)26)10(23)19(3)16(20)31/h4,6-8,12H,1-3H3,(H,18,22)(H,25,26)(H,27,28)(H,29,30)/t6?,7?,8-,12+/m0/s1. The summed E-state index contributed by atoms with van der Waals surface area (Å²) in [5.74, 6) is -6.87. The Balaban J connectivity index is 1.94. The van der Waals surface area contributed by atoms with Crippen molar-refractivity contribution in [3.63, 3.8) is 0 Å². The molecule has 15 heteroatoms. The number of aliphatic carboxylic acids is 2. The number of fused-ring (bicyclic) bond motifs is 1. The van der Waals surface area contributed by atoms with Gasteiger partial charge >= 0.3 is 23.6 Å². The van der Waals surface area contributed by atoms with Crippen molar-refractivity contribution in [2.24, 2.45) is 7.05 Å². The summed E-state index contributed by atoms with van der Waals surface area (Å²) >= 11 is 1.11. The molecule has 0 bridgehead atoms. The van der Waals surface area contributed by atoms with Crippen molar-refractivity contribution >= 4 is 41.5 Å². The number of aromatic nitrogens is 2. The smallest absolute Gasteiger partial charge is 0.342 e. The van der Waals surface area contributed by atoms with E-state index in [2.05, 4.69) is 5.32 Å². The van der Waals surface area contributed by atoms with Crippen LogP contribution in [0.2, 0.25) is 0 Å². The number of amides is 2. The summed E-state index contributed by atoms with van der Waals surface area (Å²) in [6, 6.07) is -4.69. The fourth-order valence-electron chi connectivity index (χ4n) is 3.76. The molecule has 0 saturated carbocycles. The van der Waals surface area contributed by atoms with Crippen LogP contribution in [0, 0.1) is 0 Å². The number of nitrogens with zero attached hydrogens (tertiary/aromatic N) is 3. The zero-order valence-corrected chi connectivity index (χ0v) is 17.7. The first-order valence-electron chi connectivity index (χ1n) is 9.02. The second-order valence-electron chi connectivity index (χ2n) is 7.73. The fraction of sp³-hybridized carbons (Fsp3) is 0.471. The maximum absolute atomic E-state index is 12.7. The summed E-state index contributed by atoms with van der Waals surface area (Å²) < 4.78 is -0.270. The zero-order valence-electron chi connectivity index (χ0n) is 16.8. The van der Waals surface area contributed by atoms with Crippen molar-refractivity contribution < 1.29 is 39.3 Å². The Morgan fingerprint density at radius 3 is 2.22 bits per heavy atom. The van der Waals surface area contributed by atoms with Gasteiger partial charge < -0.3 is 25.5 Å². The van der Waals surface area contributed by atoms with Crippen LogP contribution in [-0.2, 0) is 26.2 Å². The second kappa shape index (κ2) is 7.51. The Morgan fingerprint density at radius 1 is 1.12 bits per heavy atom. The van der Waals surface area contributed by atoms with Gasteiger partial charge in [-0.05, 0) is 13.8 Å². The SMILES string of the molecule is Cn1c(=O)c(C(=O)O)cn(C(C(=O)O)C(=O)NC2C(=O)N3[C@@H]2SC(C)(C)[C@@H]3C(=O)O)c1=O. The highest BCUT2D eigenvalue weighted by atomic mass is 32.2. The molecule has 32 heavy (non-hydrogen) atoms. The van der Waals surface area contributed by atoms with Crippen LogP contribution in [0.15, 0.2) is 15.8 Å². The molecule has 2 aliphatic rings. The van der Waals surface area contributed by atoms with Crippen molar-refractivity contribution in [3.8, 4) is 0 Å². The van der Waals surface area contributed by atoms with Crippen LogP contribution < -0.4 is 16.6 Å². The van der Waals surface area contributed by atoms with E-state index < -0.39 is 74.8 Å². The molecule has 0 aromatic carbocycles. The average Bonchev–Trinajstić information content (AvgIpc) is 2.93. The molecule has 2 unspecified atom stereocenters. The first kappa shape index (κ1) is 23.1. The summed E-state index contributed by atoms with van der Waals surface area (Å²) in [6.07, 6.45) is 0.453. The molecule has 3 rings (SSSR count). The molecular weight excluding hydrogens is 452 g/mol. The van der Waals surface area contributed by atoms with Gasteiger partial charge in [0.2, 0.25) is 11.9 Å². The molecule has 0 aliphatic carbocycles. The van der Waals surface area contributed by atoms with Crippen molar-refractivity contribution in [3.05, 3.63) is 32.6 Å². The Labute approximate surface area is 182 Å². The molecule has 4 atom stereocenters. The molecule has 1 aromatic rings. The van der Waals surface area contributed by atoms with Gasteiger partial charge in [0.25, 0.3) is 11.5 Å². The highest BCUT2D eigenvalue weighted by molar-refractivity contribution is 8.01. The maximum atomic E-state index is 12.7. The molecule has 0 radical (unpaired) electrons. The minimum Gasteiger partial charge on any atom is -0.480 e. The minimum absolute atomic E-state index is 0.273. The molecule has 2 saturated heterocycles. The van der Waals surface area contributed by atoms with Crippen molar-refractivity contribution in [1.82, 2.24) is 19.4 Å². The Hall–Kier alpha value is -3.62. The first-order valence-corrected chi connectivity index (χ1v) is 9.90. The first-order chi connectivity index (χ1) is 14.7. The zero-order chi connectivity index (χ0) is 24.3. The van der Waals surface area contributed by atoms with Gasteiger partial charge in [0, 0.05) is 18.0 Å². The van der Waals surface area contributed by atoms with Gasteiger partial charge in [-0.2, -0.15) is 0 Å². The highest BCUT2D eigenvalue weighted by Crippen LogP contribution is 2.50. The average molecular weight is 470 g/mol. The number of rotatable bonds is 6. The number of hydrogen-bond acceptors (Lipinski definition) is 8. The largest absolute Gasteiger partial charge is 0.480 e. The number of carboxylic acid groups (broad SMARTS) is 3. The Kier molecular flexibility index (Phi) is 5.41. The molecular formula is C17H18N4O10S. The van der Waals surface area contributed by atoms with Gasteiger partial charge in [0.15, 0.2) is 0 Å². The van der Waals surface area contributed by atoms with Crippen LogP contribution in [0.1, 0.15) is 30.2 Å². The predicted octanol–water partition coefficient (Wildman–Crippen LogP) is -2.50. The lowest BCUT2D eigenvalue weighted by atomic mass is 9.96. The number of carbonyl (C=O) groups is 5. The monoisotopic (exact) mass is 470 g/mol. The predicted molar refractivity (Wildman–Crippen MR) is 105 cm³/mol. The number of carbonyl (C=O) groups excluding carboxylic acids is 2. The van der Waals surface area contributed by atoms with E-state index in [0.717, 1.165) is 23.7 Å². The Morgan fingerprint density at radius 2 is 1.72 bits per heavy atom. The third-order valence-corrected chi connectivity index (χ3v) is 6.85. The van der Waals surface area contributed by atoms with Crippen LogP contribution in [0.25, 0.3) is 0 Å². The van der Waals surface area contributed by atoms with Gasteiger partial charge in [0.1, 0.15) is 23.0 Å². The molecule has 2 fully saturated rings. The van der Waals surface area contributed by atoms with E-state index in [4.69, 9.17) is 5.11 Å². The summed E-state index contributed by atoms with van der Waals surface area (Å²) in [5, 5.41) is 29.5. The lowest BCUT2D eigenvalue weighted by molar-refractivity contribution is -0.161. The third kappa shape index (κ3) is 3.34. The molecule has 3 heterocycles. The van der Waals surface area contributed by atoms with E-state index in [-0.39, 0.29) is 4.57 Å². The van der Waals surface area contributed by atoms with Gasteiger partial charge in [-0.25, -0.2) is 19.2 Å². The summed E-state index contributed by atoms with van der Waals surface area (Å²) in [7, 11) is 0.918. The second-order valence-corrected chi connectivity index (χ2v) is 9.50. The molecule has 4 N–H and O–H groups in total. The number of carboxylic acids is 3. The van der Waals surface area contributed by atoms with E-state index in [9.17, 15) is 43.8 Å². The minimum atomic E-state index is -2.29. The van der Waals surface area contributed by atoms with Crippen LogP contribution in [0.5, 0.6) is 0 Å². The highest BCUT2D eigenvalue weighted by Gasteiger charge is 2.64. The van der Waals surface area contributed by atoms with Gasteiger partial charge in [-0.15, -0.1) is 11.8 Å². The lowest BCUT2D eigenvalue weighted by Crippen LogP contribution is -2.71. The fourth-order valence-corrected chi connectivity index (χ4v) is 5.38. The number of nitrogens with one attached hydrogen (secondary N) is 1. The molecule has 172 valence electrons. The summed E-state index contributed by atoms with van der Waals surface area (Å²) in [6.45, 7) is 3.22.